The Labute approximate surface area is 231 Å². The molecule has 0 spiro atoms. The van der Waals surface area contributed by atoms with E-state index in [0.29, 0.717) is 34.4 Å². The fourth-order valence-electron chi connectivity index (χ4n) is 3.72. The number of methoxy groups -OCH3 is 1. The van der Waals surface area contributed by atoms with Gasteiger partial charge in [-0.3, -0.25) is 9.79 Å². The lowest BCUT2D eigenvalue weighted by Gasteiger charge is -2.32. The van der Waals surface area contributed by atoms with Crippen molar-refractivity contribution in [3.8, 4) is 5.75 Å². The molecule has 1 aliphatic heterocycles. The first-order valence-corrected chi connectivity index (χ1v) is 15.6. The van der Waals surface area contributed by atoms with Crippen molar-refractivity contribution >= 4 is 78.0 Å². The summed E-state index contributed by atoms with van der Waals surface area (Å²) >= 11 is 2.74. The Hall–Kier alpha value is -1.96. The van der Waals surface area contributed by atoms with E-state index in [1.807, 2.05) is 13.8 Å². The minimum atomic E-state index is -0.946. The molecule has 0 fully saturated rings. The number of aliphatic carboxylic acids is 1. The number of benzene rings is 1. The van der Waals surface area contributed by atoms with Gasteiger partial charge in [0.2, 0.25) is 0 Å². The van der Waals surface area contributed by atoms with Gasteiger partial charge in [0.1, 0.15) is 15.8 Å². The predicted octanol–water partition coefficient (Wildman–Crippen LogP) is 5.90. The second-order valence-corrected chi connectivity index (χ2v) is 14.7. The van der Waals surface area contributed by atoms with Crippen LogP contribution in [0.15, 0.2) is 23.2 Å². The second-order valence-electron chi connectivity index (χ2n) is 9.52. The van der Waals surface area contributed by atoms with E-state index in [9.17, 15) is 14.4 Å². The summed E-state index contributed by atoms with van der Waals surface area (Å²) < 4.78 is 16.1. The zero-order chi connectivity index (χ0) is 27.2. The van der Waals surface area contributed by atoms with E-state index in [0.717, 1.165) is 16.0 Å². The van der Waals surface area contributed by atoms with Crippen LogP contribution in [0.3, 0.4) is 0 Å². The molecule has 0 amide bonds. The van der Waals surface area contributed by atoms with Gasteiger partial charge in [0.05, 0.1) is 29.3 Å². The van der Waals surface area contributed by atoms with Crippen LogP contribution in [-0.4, -0.2) is 69.2 Å². The van der Waals surface area contributed by atoms with E-state index in [-0.39, 0.29) is 17.3 Å². The maximum Gasteiger partial charge on any atom is 0.513 e. The Morgan fingerprint density at radius 3 is 2.65 bits per heavy atom. The van der Waals surface area contributed by atoms with Crippen LogP contribution < -0.4 is 4.74 Å². The molecule has 0 bridgehead atoms. The third-order valence-electron chi connectivity index (χ3n) is 5.16. The molecular weight excluding hydrogens is 557 g/mol. The van der Waals surface area contributed by atoms with Crippen LogP contribution in [0.2, 0.25) is 0 Å². The van der Waals surface area contributed by atoms with Crippen molar-refractivity contribution in [3.05, 3.63) is 23.2 Å². The number of rotatable bonds is 12. The zero-order valence-electron chi connectivity index (χ0n) is 21.3. The van der Waals surface area contributed by atoms with Crippen molar-refractivity contribution in [2.45, 2.75) is 51.3 Å². The third-order valence-corrected chi connectivity index (χ3v) is 10.7. The third kappa shape index (κ3) is 8.52. The van der Waals surface area contributed by atoms with E-state index in [1.165, 1.54) is 30.2 Å². The van der Waals surface area contributed by atoms with Crippen molar-refractivity contribution < 1.29 is 33.7 Å². The number of thioether (sulfide) groups is 1. The van der Waals surface area contributed by atoms with E-state index in [4.69, 9.17) is 19.3 Å². The number of hydrogen-bond donors (Lipinski definition) is 1. The molecule has 1 atom stereocenters. The number of aliphatic imine (C=N–C) groups is 1. The van der Waals surface area contributed by atoms with Gasteiger partial charge in [-0.05, 0) is 52.7 Å². The maximum absolute atomic E-state index is 12.1. The van der Waals surface area contributed by atoms with Crippen molar-refractivity contribution in [2.24, 2.45) is 10.4 Å². The summed E-state index contributed by atoms with van der Waals surface area (Å²) in [6, 6.07) is 4.34. The highest BCUT2D eigenvalue weighted by atomic mass is 33.1. The van der Waals surface area contributed by atoms with Crippen LogP contribution >= 0.6 is 44.7 Å². The smallest absolute Gasteiger partial charge is 0.480 e. The minimum Gasteiger partial charge on any atom is -0.480 e. The first-order valence-electron chi connectivity index (χ1n) is 11.5. The van der Waals surface area contributed by atoms with Crippen molar-refractivity contribution in [1.29, 1.82) is 0 Å². The molecule has 1 aliphatic rings. The molecule has 0 radical (unpaired) electrons. The van der Waals surface area contributed by atoms with Gasteiger partial charge < -0.3 is 19.3 Å². The van der Waals surface area contributed by atoms with Gasteiger partial charge in [0, 0.05) is 22.3 Å². The van der Waals surface area contributed by atoms with Gasteiger partial charge in [-0.15, -0.1) is 23.1 Å². The molecule has 1 aromatic carbocycles. The number of carbonyl (C=O) groups excluding carboxylic acids is 2. The molecule has 2 aromatic rings. The SMILES string of the molecule is COC(=O)C(C)(C)CC(C)(C)SSCCCOC(=O)Oc1ccc2nc(C3=NC(C(=O)O)CS3)sc2c1. The summed E-state index contributed by atoms with van der Waals surface area (Å²) in [4.78, 5) is 43.9. The standard InChI is InChI=1S/C24H30N2O7S4/c1-23(2,21(29)31-5)13-24(3,4)37-35-10-6-9-32-22(30)33-14-7-8-15-17(11-14)36-19(25-15)18-26-16(12-34-18)20(27)28/h7-8,11,16H,6,9-10,12-13H2,1-5H3,(H,27,28). The predicted molar refractivity (Wildman–Crippen MR) is 151 cm³/mol. The maximum atomic E-state index is 12.1. The molecule has 0 saturated heterocycles. The van der Waals surface area contributed by atoms with Crippen LogP contribution in [0.5, 0.6) is 5.75 Å². The molecule has 1 aromatic heterocycles. The average molecular weight is 587 g/mol. The Balaban J connectivity index is 1.40. The molecule has 0 saturated carbocycles. The summed E-state index contributed by atoms with van der Waals surface area (Å²) in [5, 5.41) is 10.4. The monoisotopic (exact) mass is 586 g/mol. The molecule has 3 rings (SSSR count). The summed E-state index contributed by atoms with van der Waals surface area (Å²) in [7, 11) is 4.78. The molecule has 13 heteroatoms. The number of hydrogen-bond acceptors (Lipinski definition) is 12. The highest BCUT2D eigenvalue weighted by Crippen LogP contribution is 2.43. The average Bonchev–Trinajstić information content (AvgIpc) is 3.47. The highest BCUT2D eigenvalue weighted by Gasteiger charge is 2.36. The largest absolute Gasteiger partial charge is 0.513 e. The normalized spacial score (nSPS) is 15.9. The number of carbonyl (C=O) groups is 3. The van der Waals surface area contributed by atoms with Crippen molar-refractivity contribution in [3.63, 3.8) is 0 Å². The Kier molecular flexibility index (Phi) is 10.2. The van der Waals surface area contributed by atoms with E-state index in [2.05, 4.69) is 23.8 Å². The fourth-order valence-corrected chi connectivity index (χ4v) is 8.61. The zero-order valence-corrected chi connectivity index (χ0v) is 24.5. The molecule has 202 valence electrons. The lowest BCUT2D eigenvalue weighted by Crippen LogP contribution is -2.33. The van der Waals surface area contributed by atoms with E-state index >= 15 is 0 Å². The number of carboxylic acids is 1. The van der Waals surface area contributed by atoms with Gasteiger partial charge in [0.15, 0.2) is 6.04 Å². The summed E-state index contributed by atoms with van der Waals surface area (Å²) in [5.41, 5.74) is 0.158. The first-order chi connectivity index (χ1) is 17.4. The number of nitrogens with zero attached hydrogens (tertiary/aromatic N) is 2. The molecule has 9 nitrogen and oxygen atoms in total. The highest BCUT2D eigenvalue weighted by molar-refractivity contribution is 8.77. The Bertz CT molecular complexity index is 1180. The quantitative estimate of drug-likeness (QED) is 0.138. The molecule has 37 heavy (non-hydrogen) atoms. The van der Waals surface area contributed by atoms with Crippen LogP contribution in [0, 0.1) is 5.41 Å². The van der Waals surface area contributed by atoms with Gasteiger partial charge in [0.25, 0.3) is 0 Å². The number of aromatic nitrogens is 1. The lowest BCUT2D eigenvalue weighted by atomic mass is 9.84. The lowest BCUT2D eigenvalue weighted by molar-refractivity contribution is -0.151. The minimum absolute atomic E-state index is 0.127. The van der Waals surface area contributed by atoms with Crippen molar-refractivity contribution in [2.75, 3.05) is 25.2 Å². The second kappa shape index (κ2) is 12.7. The van der Waals surface area contributed by atoms with Crippen LogP contribution in [0.25, 0.3) is 10.2 Å². The molecule has 1 N–H and O–H groups in total. The summed E-state index contributed by atoms with van der Waals surface area (Å²) in [6.07, 6.45) is 0.563. The van der Waals surface area contributed by atoms with E-state index < -0.39 is 23.6 Å². The summed E-state index contributed by atoms with van der Waals surface area (Å²) in [5.74, 6) is 0.351. The topological polar surface area (TPSA) is 124 Å². The van der Waals surface area contributed by atoms with Gasteiger partial charge in [-0.25, -0.2) is 14.6 Å². The van der Waals surface area contributed by atoms with Crippen LogP contribution in [0.4, 0.5) is 4.79 Å². The molecule has 2 heterocycles. The number of thiazole rings is 1. The van der Waals surface area contributed by atoms with Gasteiger partial charge >= 0.3 is 18.1 Å². The van der Waals surface area contributed by atoms with Gasteiger partial charge in [-0.1, -0.05) is 21.6 Å². The van der Waals surface area contributed by atoms with Crippen LogP contribution in [-0.2, 0) is 19.1 Å². The first kappa shape index (κ1) is 29.6. The fraction of sp³-hybridized carbons (Fsp3) is 0.542. The number of fused-ring (bicyclic) bond motifs is 1. The van der Waals surface area contributed by atoms with Crippen molar-refractivity contribution in [1.82, 2.24) is 4.98 Å². The number of ether oxygens (including phenoxy) is 3. The Morgan fingerprint density at radius 1 is 1.22 bits per heavy atom. The molecular formula is C24H30N2O7S4. The molecule has 1 unspecified atom stereocenters. The summed E-state index contributed by atoms with van der Waals surface area (Å²) in [6.45, 7) is 8.20. The Morgan fingerprint density at radius 2 is 1.97 bits per heavy atom. The molecule has 0 aliphatic carbocycles. The van der Waals surface area contributed by atoms with E-state index in [1.54, 1.807) is 39.8 Å². The van der Waals surface area contributed by atoms with Crippen LogP contribution in [0.1, 0.15) is 45.5 Å². The number of esters is 1. The number of carboxylic acid groups (broad SMARTS) is 1. The van der Waals surface area contributed by atoms with Gasteiger partial charge in [-0.2, -0.15) is 0 Å².